The summed E-state index contributed by atoms with van der Waals surface area (Å²) in [5.41, 5.74) is 1.04. The van der Waals surface area contributed by atoms with E-state index in [9.17, 15) is 19.8 Å². The van der Waals surface area contributed by atoms with Crippen molar-refractivity contribution < 1.29 is 24.5 Å². The Morgan fingerprint density at radius 3 is 2.50 bits per heavy atom. The van der Waals surface area contributed by atoms with Crippen LogP contribution in [0.4, 0.5) is 5.82 Å². The molecular formula is C28H19BrClN3O5. The summed E-state index contributed by atoms with van der Waals surface area (Å²) in [6.07, 6.45) is 1.75. The number of pyridine rings is 2. The molecule has 0 saturated heterocycles. The van der Waals surface area contributed by atoms with Gasteiger partial charge in [-0.25, -0.2) is 19.6 Å². The van der Waals surface area contributed by atoms with Crippen molar-refractivity contribution in [1.29, 1.82) is 0 Å². The Bertz CT molecular complexity index is 1690. The lowest BCUT2D eigenvalue weighted by atomic mass is 10.0. The summed E-state index contributed by atoms with van der Waals surface area (Å²) in [5, 5.41) is 25.1. The molecule has 5 rings (SSSR count). The summed E-state index contributed by atoms with van der Waals surface area (Å²) in [4.78, 5) is 32.6. The Balaban J connectivity index is 1.36. The summed E-state index contributed by atoms with van der Waals surface area (Å²) >= 11 is 9.48. The number of hydrogen-bond acceptors (Lipinski definition) is 6. The van der Waals surface area contributed by atoms with Gasteiger partial charge in [0.25, 0.3) is 0 Å². The quantitative estimate of drug-likeness (QED) is 0.180. The highest BCUT2D eigenvalue weighted by Crippen LogP contribution is 2.30. The molecule has 0 saturated carbocycles. The number of aliphatic carboxylic acids is 1. The van der Waals surface area contributed by atoms with Gasteiger partial charge in [0.15, 0.2) is 0 Å². The molecule has 2 heterocycles. The largest absolute Gasteiger partial charge is 0.480 e. The number of ether oxygens (including phenoxy) is 1. The van der Waals surface area contributed by atoms with E-state index in [1.54, 1.807) is 48.7 Å². The zero-order chi connectivity index (χ0) is 26.8. The van der Waals surface area contributed by atoms with Crippen molar-refractivity contribution in [2.75, 3.05) is 5.32 Å². The van der Waals surface area contributed by atoms with Gasteiger partial charge in [0.1, 0.15) is 23.2 Å². The van der Waals surface area contributed by atoms with Crippen LogP contribution in [0.15, 0.2) is 83.5 Å². The summed E-state index contributed by atoms with van der Waals surface area (Å²) in [6.45, 7) is 0. The van der Waals surface area contributed by atoms with Crippen molar-refractivity contribution in [3.8, 4) is 11.6 Å². The second-order valence-electron chi connectivity index (χ2n) is 8.49. The Labute approximate surface area is 230 Å². The van der Waals surface area contributed by atoms with Gasteiger partial charge in [0.2, 0.25) is 5.88 Å². The number of aromatic carboxylic acids is 1. The Kier molecular flexibility index (Phi) is 7.13. The van der Waals surface area contributed by atoms with Gasteiger partial charge < -0.3 is 20.3 Å². The number of nitrogens with zero attached hydrogens (tertiary/aromatic N) is 2. The third-order valence-corrected chi connectivity index (χ3v) is 6.61. The van der Waals surface area contributed by atoms with Crippen LogP contribution in [0, 0.1) is 0 Å². The summed E-state index contributed by atoms with van der Waals surface area (Å²) in [7, 11) is 0. The predicted molar refractivity (Wildman–Crippen MR) is 148 cm³/mol. The molecule has 0 aliphatic heterocycles. The molecule has 38 heavy (non-hydrogen) atoms. The van der Waals surface area contributed by atoms with Crippen LogP contribution in [-0.2, 0) is 11.2 Å². The van der Waals surface area contributed by atoms with Gasteiger partial charge in [-0.2, -0.15) is 0 Å². The first-order valence-corrected chi connectivity index (χ1v) is 12.6. The van der Waals surface area contributed by atoms with E-state index >= 15 is 0 Å². The number of halogens is 2. The number of benzene rings is 3. The highest BCUT2D eigenvalue weighted by Gasteiger charge is 2.22. The van der Waals surface area contributed by atoms with Crippen molar-refractivity contribution in [1.82, 2.24) is 9.97 Å². The Morgan fingerprint density at radius 1 is 0.974 bits per heavy atom. The minimum atomic E-state index is -1.23. The normalized spacial score (nSPS) is 11.8. The molecular weight excluding hydrogens is 574 g/mol. The van der Waals surface area contributed by atoms with E-state index < -0.39 is 18.0 Å². The van der Waals surface area contributed by atoms with E-state index in [4.69, 9.17) is 16.3 Å². The molecule has 0 aliphatic carbocycles. The molecule has 0 aliphatic rings. The number of fused-ring (bicyclic) bond motifs is 2. The van der Waals surface area contributed by atoms with Gasteiger partial charge >= 0.3 is 11.9 Å². The molecule has 1 atom stereocenters. The van der Waals surface area contributed by atoms with E-state index in [1.807, 2.05) is 24.3 Å². The number of aromatic nitrogens is 2. The smallest absolute Gasteiger partial charge is 0.339 e. The molecule has 0 amide bonds. The number of anilines is 1. The molecule has 0 unspecified atom stereocenters. The summed E-state index contributed by atoms with van der Waals surface area (Å²) < 4.78 is 6.90. The Morgan fingerprint density at radius 2 is 1.76 bits per heavy atom. The zero-order valence-electron chi connectivity index (χ0n) is 19.6. The van der Waals surface area contributed by atoms with E-state index in [-0.39, 0.29) is 17.8 Å². The highest BCUT2D eigenvalue weighted by molar-refractivity contribution is 9.10. The number of nitrogens with one attached hydrogen (secondary N) is 1. The van der Waals surface area contributed by atoms with E-state index in [1.165, 1.54) is 6.07 Å². The number of hydrogen-bond donors (Lipinski definition) is 3. The van der Waals surface area contributed by atoms with Crippen molar-refractivity contribution in [3.63, 3.8) is 0 Å². The molecule has 0 radical (unpaired) electrons. The first-order chi connectivity index (χ1) is 18.3. The van der Waals surface area contributed by atoms with Gasteiger partial charge in [0.05, 0.1) is 5.52 Å². The van der Waals surface area contributed by atoms with E-state index in [2.05, 4.69) is 31.2 Å². The summed E-state index contributed by atoms with van der Waals surface area (Å²) in [6, 6.07) is 19.9. The predicted octanol–water partition coefficient (Wildman–Crippen LogP) is 6.80. The SMILES string of the molecule is O=C(O)c1cc2cc(Cl)ccc2nc1N[C@@H](Cc1ccc(Oc2nccc3ccc(Br)cc23)cc1)C(=O)O. The van der Waals surface area contributed by atoms with Crippen molar-refractivity contribution >= 4 is 67.0 Å². The number of carboxylic acids is 2. The highest BCUT2D eigenvalue weighted by atomic mass is 79.9. The molecule has 0 spiro atoms. The van der Waals surface area contributed by atoms with Gasteiger partial charge in [-0.3, -0.25) is 0 Å². The van der Waals surface area contributed by atoms with Gasteiger partial charge in [0, 0.05) is 32.9 Å². The maximum atomic E-state index is 12.1. The monoisotopic (exact) mass is 591 g/mol. The molecule has 0 bridgehead atoms. The minimum Gasteiger partial charge on any atom is -0.480 e. The first kappa shape index (κ1) is 25.4. The molecule has 190 valence electrons. The maximum Gasteiger partial charge on any atom is 0.339 e. The second-order valence-corrected chi connectivity index (χ2v) is 9.85. The van der Waals surface area contributed by atoms with Crippen molar-refractivity contribution in [2.45, 2.75) is 12.5 Å². The molecule has 3 N–H and O–H groups in total. The van der Waals surface area contributed by atoms with Gasteiger partial charge in [-0.05, 0) is 65.5 Å². The fraction of sp³-hybridized carbons (Fsp3) is 0.0714. The first-order valence-electron chi connectivity index (χ1n) is 11.4. The van der Waals surface area contributed by atoms with E-state index in [0.29, 0.717) is 33.1 Å². The number of carbonyl (C=O) groups is 2. The van der Waals surface area contributed by atoms with Gasteiger partial charge in [-0.1, -0.05) is 45.7 Å². The van der Waals surface area contributed by atoms with E-state index in [0.717, 1.165) is 15.2 Å². The average molecular weight is 593 g/mol. The van der Waals surface area contributed by atoms with Crippen LogP contribution in [0.5, 0.6) is 11.6 Å². The topological polar surface area (TPSA) is 122 Å². The molecule has 3 aromatic carbocycles. The van der Waals surface area contributed by atoms with Crippen molar-refractivity contribution in [2.24, 2.45) is 0 Å². The third kappa shape index (κ3) is 5.53. The molecule has 5 aromatic rings. The molecule has 8 nitrogen and oxygen atoms in total. The summed E-state index contributed by atoms with van der Waals surface area (Å²) in [5.74, 6) is -1.43. The average Bonchev–Trinajstić information content (AvgIpc) is 2.89. The fourth-order valence-corrected chi connectivity index (χ4v) is 4.56. The van der Waals surface area contributed by atoms with Crippen LogP contribution in [0.3, 0.4) is 0 Å². The van der Waals surface area contributed by atoms with Crippen LogP contribution in [0.2, 0.25) is 5.02 Å². The lowest BCUT2D eigenvalue weighted by Crippen LogP contribution is -2.32. The van der Waals surface area contributed by atoms with Crippen molar-refractivity contribution in [3.05, 3.63) is 99.6 Å². The third-order valence-electron chi connectivity index (χ3n) is 5.89. The lowest BCUT2D eigenvalue weighted by molar-refractivity contribution is -0.137. The maximum absolute atomic E-state index is 12.1. The fourth-order valence-electron chi connectivity index (χ4n) is 4.02. The Hall–Kier alpha value is -4.21. The van der Waals surface area contributed by atoms with Crippen LogP contribution in [-0.4, -0.2) is 38.2 Å². The lowest BCUT2D eigenvalue weighted by Gasteiger charge is -2.17. The molecule has 2 aromatic heterocycles. The molecule has 0 fully saturated rings. The van der Waals surface area contributed by atoms with Crippen LogP contribution >= 0.6 is 27.5 Å². The number of rotatable bonds is 8. The van der Waals surface area contributed by atoms with Crippen LogP contribution < -0.4 is 10.1 Å². The number of carboxylic acid groups (broad SMARTS) is 2. The second kappa shape index (κ2) is 10.6. The zero-order valence-corrected chi connectivity index (χ0v) is 21.9. The van der Waals surface area contributed by atoms with Gasteiger partial charge in [-0.15, -0.1) is 0 Å². The molecule has 10 heteroatoms. The minimum absolute atomic E-state index is 0.0344. The van der Waals surface area contributed by atoms with Crippen LogP contribution in [0.25, 0.3) is 21.7 Å². The standard InChI is InChI=1S/C28H19BrClN3O5/c29-18-4-3-16-9-10-31-26(21(16)14-18)38-20-6-1-15(2-7-20)11-24(28(36)37)33-25-22(27(34)35)13-17-12-19(30)5-8-23(17)32-25/h1-10,12-14,24H,11H2,(H,32,33)(H,34,35)(H,36,37)/t24-/m0/s1. The van der Waals surface area contributed by atoms with Crippen LogP contribution in [0.1, 0.15) is 15.9 Å².